The van der Waals surface area contributed by atoms with Gasteiger partial charge in [-0.15, -0.1) is 0 Å². The van der Waals surface area contributed by atoms with Crippen molar-refractivity contribution in [1.82, 2.24) is 0 Å². The number of esters is 1. The van der Waals surface area contributed by atoms with Crippen LogP contribution in [0.1, 0.15) is 50.5 Å². The van der Waals surface area contributed by atoms with Gasteiger partial charge in [0.25, 0.3) is 0 Å². The Morgan fingerprint density at radius 3 is 2.43 bits per heavy atom. The Morgan fingerprint density at radius 2 is 1.71 bits per heavy atom. The molecular weight excluding hydrogens is 262 g/mol. The van der Waals surface area contributed by atoms with Gasteiger partial charge >= 0.3 is 5.97 Å². The van der Waals surface area contributed by atoms with Crippen molar-refractivity contribution in [3.8, 4) is 0 Å². The molecule has 0 bridgehead atoms. The number of hydrogen-bond donors (Lipinski definition) is 1. The van der Waals surface area contributed by atoms with E-state index in [1.165, 1.54) is 12.8 Å². The number of nitrogens with two attached hydrogens (primary N) is 1. The lowest BCUT2D eigenvalue weighted by molar-refractivity contribution is -0.145. The largest absolute Gasteiger partial charge is 0.461 e. The van der Waals surface area contributed by atoms with E-state index in [-0.39, 0.29) is 5.97 Å². The summed E-state index contributed by atoms with van der Waals surface area (Å²) in [4.78, 5) is 11.6. The van der Waals surface area contributed by atoms with Gasteiger partial charge in [0.15, 0.2) is 0 Å². The summed E-state index contributed by atoms with van der Waals surface area (Å²) in [6.07, 6.45) is 11.3. The van der Waals surface area contributed by atoms with Crippen molar-refractivity contribution >= 4 is 5.97 Å². The normalized spacial score (nSPS) is 10.9. The number of hydrogen-bond acceptors (Lipinski definition) is 3. The highest BCUT2D eigenvalue weighted by atomic mass is 16.5. The van der Waals surface area contributed by atoms with E-state index >= 15 is 0 Å². The minimum absolute atomic E-state index is 0.116. The summed E-state index contributed by atoms with van der Waals surface area (Å²) >= 11 is 0. The third-order valence-electron chi connectivity index (χ3n) is 3.24. The van der Waals surface area contributed by atoms with Crippen molar-refractivity contribution in [2.75, 3.05) is 6.54 Å². The topological polar surface area (TPSA) is 52.3 Å². The molecule has 0 spiro atoms. The van der Waals surface area contributed by atoms with Gasteiger partial charge in [-0.3, -0.25) is 4.79 Å². The third-order valence-corrected chi connectivity index (χ3v) is 3.24. The van der Waals surface area contributed by atoms with E-state index in [0.29, 0.717) is 13.0 Å². The highest BCUT2D eigenvalue weighted by molar-refractivity contribution is 5.69. The van der Waals surface area contributed by atoms with Crippen molar-refractivity contribution in [1.29, 1.82) is 0 Å². The van der Waals surface area contributed by atoms with E-state index in [4.69, 9.17) is 10.5 Å². The summed E-state index contributed by atoms with van der Waals surface area (Å²) in [6, 6.07) is 9.76. The number of allylic oxidation sites excluding steroid dienone is 2. The molecule has 0 amide bonds. The minimum Gasteiger partial charge on any atom is -0.461 e. The van der Waals surface area contributed by atoms with Crippen LogP contribution in [-0.2, 0) is 16.1 Å². The second-order valence-electron chi connectivity index (χ2n) is 5.15. The molecule has 0 fully saturated rings. The molecule has 21 heavy (non-hydrogen) atoms. The summed E-state index contributed by atoms with van der Waals surface area (Å²) in [7, 11) is 0. The van der Waals surface area contributed by atoms with Crippen LogP contribution in [0.5, 0.6) is 0 Å². The molecule has 0 atom stereocenters. The Morgan fingerprint density at radius 1 is 1.00 bits per heavy atom. The maximum atomic E-state index is 11.6. The predicted molar refractivity (Wildman–Crippen MR) is 86.8 cm³/mol. The van der Waals surface area contributed by atoms with Crippen LogP contribution in [0.15, 0.2) is 42.5 Å². The highest BCUT2D eigenvalue weighted by Crippen LogP contribution is 2.05. The van der Waals surface area contributed by atoms with E-state index < -0.39 is 0 Å². The molecule has 1 aromatic carbocycles. The van der Waals surface area contributed by atoms with Crippen molar-refractivity contribution in [2.24, 2.45) is 5.73 Å². The van der Waals surface area contributed by atoms with Crippen molar-refractivity contribution in [3.05, 3.63) is 48.0 Å². The fraction of sp³-hybridized carbons (Fsp3) is 0.500. The first kappa shape index (κ1) is 17.4. The summed E-state index contributed by atoms with van der Waals surface area (Å²) in [5.41, 5.74) is 6.47. The van der Waals surface area contributed by atoms with Gasteiger partial charge in [0, 0.05) is 6.42 Å². The summed E-state index contributed by atoms with van der Waals surface area (Å²) in [5, 5.41) is 0. The predicted octanol–water partition coefficient (Wildman–Crippen LogP) is 3.98. The van der Waals surface area contributed by atoms with Gasteiger partial charge in [-0.2, -0.15) is 0 Å². The monoisotopic (exact) mass is 289 g/mol. The standard InChI is InChI=1S/C18H27NO2/c19-15-11-6-4-2-1-3-5-10-14-18(20)21-16-17-12-8-7-9-13-17/h1,3,7-9,12-13H,2,4-6,10-11,14-16,19H2. The number of benzene rings is 1. The van der Waals surface area contributed by atoms with E-state index in [1.807, 2.05) is 30.3 Å². The Balaban J connectivity index is 1.97. The van der Waals surface area contributed by atoms with Crippen LogP contribution in [0.4, 0.5) is 0 Å². The van der Waals surface area contributed by atoms with Gasteiger partial charge < -0.3 is 10.5 Å². The highest BCUT2D eigenvalue weighted by Gasteiger charge is 2.02. The molecule has 1 aromatic rings. The molecule has 0 aliphatic carbocycles. The van der Waals surface area contributed by atoms with Gasteiger partial charge in [-0.25, -0.2) is 0 Å². The zero-order valence-electron chi connectivity index (χ0n) is 12.8. The first-order chi connectivity index (χ1) is 10.3. The van der Waals surface area contributed by atoms with E-state index in [2.05, 4.69) is 12.2 Å². The SMILES string of the molecule is NCCCCCC=CCCCC(=O)OCc1ccccc1. The summed E-state index contributed by atoms with van der Waals surface area (Å²) in [6.45, 7) is 1.16. The molecule has 0 radical (unpaired) electrons. The van der Waals surface area contributed by atoms with Gasteiger partial charge in [-0.05, 0) is 44.2 Å². The fourth-order valence-corrected chi connectivity index (χ4v) is 1.99. The van der Waals surface area contributed by atoms with Crippen LogP contribution in [0.25, 0.3) is 0 Å². The van der Waals surface area contributed by atoms with Crippen LogP contribution in [0.2, 0.25) is 0 Å². The number of rotatable bonds is 11. The maximum absolute atomic E-state index is 11.6. The van der Waals surface area contributed by atoms with Crippen LogP contribution >= 0.6 is 0 Å². The first-order valence-corrected chi connectivity index (χ1v) is 7.87. The molecule has 116 valence electrons. The first-order valence-electron chi connectivity index (χ1n) is 7.87. The Labute approximate surface area is 128 Å². The van der Waals surface area contributed by atoms with E-state index in [1.54, 1.807) is 0 Å². The van der Waals surface area contributed by atoms with E-state index in [0.717, 1.165) is 37.8 Å². The molecule has 0 unspecified atom stereocenters. The average molecular weight is 289 g/mol. The molecule has 3 heteroatoms. The van der Waals surface area contributed by atoms with Crippen molar-refractivity contribution < 1.29 is 9.53 Å². The Kier molecular flexibility index (Phi) is 10.1. The zero-order chi connectivity index (χ0) is 15.2. The van der Waals surface area contributed by atoms with E-state index in [9.17, 15) is 4.79 Å². The zero-order valence-corrected chi connectivity index (χ0v) is 12.8. The number of carbonyl (C=O) groups is 1. The second kappa shape index (κ2) is 12.2. The molecule has 2 N–H and O–H groups in total. The van der Waals surface area contributed by atoms with Crippen molar-refractivity contribution in [3.63, 3.8) is 0 Å². The van der Waals surface area contributed by atoms with Crippen molar-refractivity contribution in [2.45, 2.75) is 51.6 Å². The smallest absolute Gasteiger partial charge is 0.306 e. The third kappa shape index (κ3) is 9.85. The quantitative estimate of drug-likeness (QED) is 0.381. The molecule has 0 saturated carbocycles. The van der Waals surface area contributed by atoms with Gasteiger partial charge in [0.1, 0.15) is 6.61 Å². The molecule has 0 aromatic heterocycles. The maximum Gasteiger partial charge on any atom is 0.306 e. The van der Waals surface area contributed by atoms with Crippen LogP contribution in [-0.4, -0.2) is 12.5 Å². The molecule has 1 rings (SSSR count). The second-order valence-corrected chi connectivity index (χ2v) is 5.15. The lowest BCUT2D eigenvalue weighted by Gasteiger charge is -2.04. The average Bonchev–Trinajstić information content (AvgIpc) is 2.52. The van der Waals surface area contributed by atoms with Gasteiger partial charge in [0.05, 0.1) is 0 Å². The number of carbonyl (C=O) groups excluding carboxylic acids is 1. The Hall–Kier alpha value is -1.61. The molecule has 0 heterocycles. The van der Waals surface area contributed by atoms with Crippen LogP contribution in [0, 0.1) is 0 Å². The molecule has 0 aliphatic heterocycles. The minimum atomic E-state index is -0.116. The molecule has 0 aliphatic rings. The van der Waals surface area contributed by atoms with Crippen LogP contribution in [0.3, 0.4) is 0 Å². The molecule has 3 nitrogen and oxygen atoms in total. The van der Waals surface area contributed by atoms with Gasteiger partial charge in [-0.1, -0.05) is 48.9 Å². The fourth-order valence-electron chi connectivity index (χ4n) is 1.99. The number of ether oxygens (including phenoxy) is 1. The Bertz CT molecular complexity index is 401. The number of unbranched alkanes of at least 4 members (excludes halogenated alkanes) is 4. The lowest BCUT2D eigenvalue weighted by Crippen LogP contribution is -2.03. The molecule has 0 saturated heterocycles. The van der Waals surface area contributed by atoms with Crippen LogP contribution < -0.4 is 5.73 Å². The summed E-state index contributed by atoms with van der Waals surface area (Å²) in [5.74, 6) is -0.116. The van der Waals surface area contributed by atoms with Gasteiger partial charge in [0.2, 0.25) is 0 Å². The summed E-state index contributed by atoms with van der Waals surface area (Å²) < 4.78 is 5.23. The molecular formula is C18H27NO2. The lowest BCUT2D eigenvalue weighted by atomic mass is 10.1.